The number of methoxy groups -OCH3 is 2. The van der Waals surface area contributed by atoms with Crippen LogP contribution in [0.4, 0.5) is 10.1 Å². The molecule has 0 saturated carbocycles. The number of aliphatic hydroxyl groups excluding tert-OH is 3. The Kier molecular flexibility index (Phi) is 22.2. The molecule has 0 amide bonds. The zero-order chi connectivity index (χ0) is 57.8. The number of aromatic nitrogens is 3. The summed E-state index contributed by atoms with van der Waals surface area (Å²) in [5.41, 5.74) is -2.01. The quantitative estimate of drug-likeness (QED) is 0.140. The van der Waals surface area contributed by atoms with Gasteiger partial charge in [-0.05, 0) is 126 Å². The molecule has 2 aromatic rings. The van der Waals surface area contributed by atoms with E-state index in [-0.39, 0.29) is 25.2 Å². The van der Waals surface area contributed by atoms with Gasteiger partial charge in [-0.25, -0.2) is 9.07 Å². The summed E-state index contributed by atoms with van der Waals surface area (Å²) in [6.07, 6.45) is -6.77. The van der Waals surface area contributed by atoms with Gasteiger partial charge in [0.25, 0.3) is 0 Å². The maximum absolute atomic E-state index is 15.0. The van der Waals surface area contributed by atoms with Crippen molar-refractivity contribution in [3.63, 3.8) is 0 Å². The Morgan fingerprint density at radius 1 is 0.936 bits per heavy atom. The topological polar surface area (TPSA) is 226 Å². The molecule has 4 aliphatic heterocycles. The van der Waals surface area contributed by atoms with Crippen LogP contribution in [0.5, 0.6) is 0 Å². The lowest BCUT2D eigenvalue weighted by molar-refractivity contribution is -0.318. The van der Waals surface area contributed by atoms with Crippen LogP contribution in [0.15, 0.2) is 30.5 Å². The SMILES string of the molecule is CC[C@H]1OC(=O)[C@H](C)[C@@H](O[C@H]2C[C@@](C)(OC)[C@@H](O)[C@H](C)O2)[C@H](C)[C@@H](O[C@@H]2O[C@H](C)C[C@H](N(C)CCc3cn([C@H](CF)[C@H](OC)c4ccc(N5CC[C@@H](N(C)C)C5)cc4)nn3)[C@H]2O)[C@](C)(O)C[C@@H](C)CN(C)[C@H](C)[C@@H](O)[C@]1(C)O. The Morgan fingerprint density at radius 3 is 2.22 bits per heavy atom. The number of alkyl halides is 1. The first-order valence-corrected chi connectivity index (χ1v) is 28.4. The molecule has 0 aliphatic carbocycles. The summed E-state index contributed by atoms with van der Waals surface area (Å²) in [5, 5.41) is 68.8. The molecule has 21 heteroatoms. The first-order valence-electron chi connectivity index (χ1n) is 28.4. The van der Waals surface area contributed by atoms with E-state index in [1.54, 1.807) is 54.8 Å². The fraction of sp³-hybridized carbons (Fsp3) is 0.842. The molecule has 5 N–H and O–H groups in total. The third-order valence-corrected chi connectivity index (χ3v) is 18.0. The average Bonchev–Trinajstić information content (AvgIpc) is 4.12. The summed E-state index contributed by atoms with van der Waals surface area (Å²) in [4.78, 5) is 23.1. The first kappa shape index (κ1) is 64.2. The molecular weight excluding hydrogens is 1010 g/mol. The molecule has 6 rings (SSSR count). The third kappa shape index (κ3) is 14.6. The van der Waals surface area contributed by atoms with Crippen molar-refractivity contribution >= 4 is 11.7 Å². The number of hydrogen-bond acceptors (Lipinski definition) is 19. The molecule has 21 atom stereocenters. The van der Waals surface area contributed by atoms with E-state index in [2.05, 4.69) is 46.3 Å². The van der Waals surface area contributed by atoms with Crippen molar-refractivity contribution in [2.45, 2.75) is 216 Å². The summed E-state index contributed by atoms with van der Waals surface area (Å²) < 4.78 is 60.9. The Bertz CT molecular complexity index is 2180. The number of rotatable bonds is 17. The van der Waals surface area contributed by atoms with Crippen LogP contribution in [0, 0.1) is 17.8 Å². The van der Waals surface area contributed by atoms with Crippen LogP contribution in [0.2, 0.25) is 0 Å². The molecule has 0 spiro atoms. The van der Waals surface area contributed by atoms with Crippen molar-refractivity contribution in [1.82, 2.24) is 29.7 Å². The highest BCUT2D eigenvalue weighted by atomic mass is 19.1. The Morgan fingerprint density at radius 2 is 1.62 bits per heavy atom. The molecule has 1 aromatic heterocycles. The maximum Gasteiger partial charge on any atom is 0.311 e. The standard InChI is InChI=1S/C57H98FN7O13/c1-17-45-57(10,71)50(67)37(6)63(14)30-33(2)27-55(8,70)52(35(4)48(36(5)53(69)76-45)77-46-28-56(9,73-16)51(68)38(7)75-46)78-54-47(66)43(26-34(3)74-54)62(13)24-22-40-31-65(60-59-40)44(29-58)49(72-15)39-18-20-41(21-19-39)64-25-23-42(32-64)61(11)12/h18-21,31,33-38,42-52,54,66-68,70-71H,17,22-30,32H2,1-16H3/t33-,34-,35+,36-,37-,38+,42-,43+,44-,45-,46+,47-,48+,49-,50-,51+,52-,54+,55-,56-,57-/m1/s1. The molecule has 4 saturated heterocycles. The van der Waals surface area contributed by atoms with Crippen molar-refractivity contribution in [3.8, 4) is 0 Å². The number of halogens is 1. The molecule has 1 aromatic carbocycles. The average molecular weight is 1110 g/mol. The third-order valence-electron chi connectivity index (χ3n) is 18.0. The highest BCUT2D eigenvalue weighted by Gasteiger charge is 2.53. The van der Waals surface area contributed by atoms with Crippen LogP contribution in [0.25, 0.3) is 0 Å². The second-order valence-electron chi connectivity index (χ2n) is 24.4. The number of hydrogen-bond donors (Lipinski definition) is 5. The van der Waals surface area contributed by atoms with E-state index in [0.29, 0.717) is 37.7 Å². The number of carbonyl (C=O) groups excluding carboxylic acids is 1. The zero-order valence-electron chi connectivity index (χ0n) is 49.6. The van der Waals surface area contributed by atoms with Crippen molar-refractivity contribution < 1.29 is 67.9 Å². The van der Waals surface area contributed by atoms with Gasteiger partial charge in [-0.15, -0.1) is 5.10 Å². The Balaban J connectivity index is 1.24. The van der Waals surface area contributed by atoms with Crippen LogP contribution in [0.3, 0.4) is 0 Å². The fourth-order valence-electron chi connectivity index (χ4n) is 12.8. The summed E-state index contributed by atoms with van der Waals surface area (Å²) in [6, 6.07) is 6.77. The first-order chi connectivity index (χ1) is 36.6. The van der Waals surface area contributed by atoms with E-state index in [4.69, 9.17) is 33.2 Å². The fourth-order valence-corrected chi connectivity index (χ4v) is 12.8. The van der Waals surface area contributed by atoms with Crippen LogP contribution in [-0.4, -0.2) is 233 Å². The van der Waals surface area contributed by atoms with Gasteiger partial charge in [-0.1, -0.05) is 38.1 Å². The number of aliphatic hydroxyl groups is 5. The van der Waals surface area contributed by atoms with Crippen molar-refractivity contribution in [2.75, 3.05) is 80.2 Å². The number of ether oxygens (including phenoxy) is 7. The number of likely N-dealkylation sites (N-methyl/N-ethyl adjacent to an activating group) is 3. The van der Waals surface area contributed by atoms with Gasteiger partial charge in [0.15, 0.2) is 12.6 Å². The monoisotopic (exact) mass is 1110 g/mol. The second-order valence-corrected chi connectivity index (χ2v) is 24.4. The number of nitrogens with zero attached hydrogens (tertiary/aromatic N) is 7. The molecule has 0 radical (unpaired) electrons. The summed E-state index contributed by atoms with van der Waals surface area (Å²) in [5.74, 6) is -2.86. The van der Waals surface area contributed by atoms with E-state index in [1.807, 2.05) is 56.8 Å². The van der Waals surface area contributed by atoms with Gasteiger partial charge in [0.1, 0.15) is 48.8 Å². The Hall–Kier alpha value is -3.00. The van der Waals surface area contributed by atoms with Gasteiger partial charge in [-0.2, -0.15) is 0 Å². The number of benzene rings is 1. The smallest absolute Gasteiger partial charge is 0.311 e. The van der Waals surface area contributed by atoms with Crippen molar-refractivity contribution in [2.24, 2.45) is 17.8 Å². The van der Waals surface area contributed by atoms with Crippen molar-refractivity contribution in [1.29, 1.82) is 0 Å². The highest BCUT2D eigenvalue weighted by Crippen LogP contribution is 2.41. The minimum atomic E-state index is -1.85. The van der Waals surface area contributed by atoms with E-state index in [0.717, 1.165) is 30.8 Å². The van der Waals surface area contributed by atoms with Gasteiger partial charge in [0, 0.05) is 89.2 Å². The molecule has 5 heterocycles. The molecular formula is C57H98FN7O13. The van der Waals surface area contributed by atoms with Gasteiger partial charge < -0.3 is 78.3 Å². The van der Waals surface area contributed by atoms with Crippen LogP contribution in [-0.2, 0) is 44.4 Å². The molecule has 78 heavy (non-hydrogen) atoms. The predicted octanol–water partition coefficient (Wildman–Crippen LogP) is 4.14. The summed E-state index contributed by atoms with van der Waals surface area (Å²) >= 11 is 0. The van der Waals surface area contributed by atoms with Gasteiger partial charge in [-0.3, -0.25) is 4.79 Å². The minimum Gasteiger partial charge on any atom is -0.459 e. The summed E-state index contributed by atoms with van der Waals surface area (Å²) in [7, 11) is 11.0. The number of esters is 1. The van der Waals surface area contributed by atoms with Gasteiger partial charge >= 0.3 is 5.97 Å². The van der Waals surface area contributed by atoms with Crippen LogP contribution in [0.1, 0.15) is 125 Å². The zero-order valence-corrected chi connectivity index (χ0v) is 49.6. The van der Waals surface area contributed by atoms with Crippen molar-refractivity contribution in [3.05, 3.63) is 41.7 Å². The normalized spacial score (nSPS) is 39.9. The lowest BCUT2D eigenvalue weighted by Crippen LogP contribution is -2.61. The van der Waals surface area contributed by atoms with Crippen LogP contribution >= 0.6 is 0 Å². The number of cyclic esters (lactones) is 1. The van der Waals surface area contributed by atoms with Gasteiger partial charge in [0.05, 0.1) is 47.2 Å². The molecule has 0 unspecified atom stereocenters. The number of carbonyl (C=O) groups is 1. The lowest BCUT2D eigenvalue weighted by Gasteiger charge is -2.49. The minimum absolute atomic E-state index is 0.0869. The number of anilines is 1. The Labute approximate surface area is 463 Å². The van der Waals surface area contributed by atoms with E-state index < -0.39 is 127 Å². The van der Waals surface area contributed by atoms with E-state index in [1.165, 1.54) is 18.7 Å². The molecule has 446 valence electrons. The molecule has 4 aliphatic rings. The molecule has 20 nitrogen and oxygen atoms in total. The van der Waals surface area contributed by atoms with E-state index in [9.17, 15) is 30.3 Å². The molecule has 0 bridgehead atoms. The van der Waals surface area contributed by atoms with E-state index >= 15 is 4.39 Å². The lowest BCUT2D eigenvalue weighted by atomic mass is 9.77. The largest absolute Gasteiger partial charge is 0.459 e. The maximum atomic E-state index is 15.0. The molecule has 4 fully saturated rings. The van der Waals surface area contributed by atoms with Gasteiger partial charge in [0.2, 0.25) is 0 Å². The van der Waals surface area contributed by atoms with Crippen LogP contribution < -0.4 is 4.90 Å². The predicted molar refractivity (Wildman–Crippen MR) is 292 cm³/mol. The summed E-state index contributed by atoms with van der Waals surface area (Å²) in [6.45, 7) is 19.5. The second kappa shape index (κ2) is 26.9. The highest BCUT2D eigenvalue weighted by molar-refractivity contribution is 5.73.